The van der Waals surface area contributed by atoms with Crippen LogP contribution in [-0.4, -0.2) is 20.7 Å². The van der Waals surface area contributed by atoms with E-state index in [4.69, 9.17) is 5.73 Å². The van der Waals surface area contributed by atoms with E-state index >= 15 is 0 Å². The molecule has 0 aliphatic heterocycles. The van der Waals surface area contributed by atoms with Crippen molar-refractivity contribution in [3.63, 3.8) is 0 Å². The van der Waals surface area contributed by atoms with Crippen LogP contribution in [0.5, 0.6) is 0 Å². The van der Waals surface area contributed by atoms with Gasteiger partial charge in [-0.1, -0.05) is 0 Å². The molecule has 0 unspecified atom stereocenters. The lowest BCUT2D eigenvalue weighted by atomic mass is 10.6. The van der Waals surface area contributed by atoms with Gasteiger partial charge < -0.3 is 5.73 Å². The number of hydrogen-bond donors (Lipinski definition) is 1. The van der Waals surface area contributed by atoms with Gasteiger partial charge in [0, 0.05) is 0 Å². The van der Waals surface area contributed by atoms with Crippen LogP contribution >= 0.6 is 0 Å². The van der Waals surface area contributed by atoms with Crippen LogP contribution in [0.1, 0.15) is 11.6 Å². The predicted molar refractivity (Wildman–Crippen MR) is 39.0 cm³/mol. The Hall–Kier alpha value is -1.60. The summed E-state index contributed by atoms with van der Waals surface area (Å²) in [4.78, 5) is 13.6. The van der Waals surface area contributed by atoms with Crippen LogP contribution in [0.3, 0.4) is 0 Å². The number of nitrogens with zero attached hydrogens (tertiary/aromatic N) is 3. The summed E-state index contributed by atoms with van der Waals surface area (Å²) in [5.41, 5.74) is 4.80. The van der Waals surface area contributed by atoms with Crippen LogP contribution in [0.25, 0.3) is 0 Å². The highest BCUT2D eigenvalue weighted by Crippen LogP contribution is 2.25. The van der Waals surface area contributed by atoms with E-state index < -0.39 is 24.5 Å². The lowest BCUT2D eigenvalue weighted by Gasteiger charge is -1.98. The molecule has 78 valence electrons. The Labute approximate surface area is 76.7 Å². The Bertz CT molecular complexity index is 356. The molecule has 0 atom stereocenters. The average molecular weight is 208 g/mol. The monoisotopic (exact) mass is 208 g/mol. The summed E-state index contributed by atoms with van der Waals surface area (Å²) < 4.78 is 37.0. The number of halogens is 3. The first kappa shape index (κ1) is 10.5. The zero-order chi connectivity index (χ0) is 10.9. The third-order valence-corrected chi connectivity index (χ3v) is 1.42. The van der Waals surface area contributed by atoms with Crippen molar-refractivity contribution >= 4 is 5.91 Å². The minimum Gasteiger partial charge on any atom is -0.368 e. The topological polar surface area (TPSA) is 73.8 Å². The Morgan fingerprint density at radius 2 is 2.14 bits per heavy atom. The van der Waals surface area contributed by atoms with Crippen molar-refractivity contribution in [3.8, 4) is 0 Å². The van der Waals surface area contributed by atoms with Crippen molar-refractivity contribution in [1.82, 2.24) is 14.8 Å². The third-order valence-electron chi connectivity index (χ3n) is 1.42. The van der Waals surface area contributed by atoms with Gasteiger partial charge in [-0.2, -0.15) is 13.2 Å². The smallest absolute Gasteiger partial charge is 0.368 e. The number of hydrogen-bond acceptors (Lipinski definition) is 3. The van der Waals surface area contributed by atoms with Crippen LogP contribution in [0.2, 0.25) is 0 Å². The molecule has 0 saturated heterocycles. The first-order chi connectivity index (χ1) is 6.30. The second kappa shape index (κ2) is 3.28. The van der Waals surface area contributed by atoms with Crippen LogP contribution in [0.4, 0.5) is 13.2 Å². The fourth-order valence-corrected chi connectivity index (χ4v) is 0.837. The summed E-state index contributed by atoms with van der Waals surface area (Å²) in [5.74, 6) is -2.04. The quantitative estimate of drug-likeness (QED) is 0.748. The predicted octanol–water partition coefficient (Wildman–Crippen LogP) is 0.0906. The summed E-state index contributed by atoms with van der Waals surface area (Å²) in [6, 6.07) is 0. The number of aromatic nitrogens is 3. The number of rotatable bonds is 2. The van der Waals surface area contributed by atoms with Crippen molar-refractivity contribution in [1.29, 1.82) is 0 Å². The van der Waals surface area contributed by atoms with Crippen molar-refractivity contribution < 1.29 is 18.0 Å². The van der Waals surface area contributed by atoms with Gasteiger partial charge in [0.1, 0.15) is 12.4 Å². The van der Waals surface area contributed by atoms with Gasteiger partial charge in [-0.25, -0.2) is 9.67 Å². The molecule has 0 spiro atoms. The fraction of sp³-hybridized carbons (Fsp3) is 0.500. The highest BCUT2D eigenvalue weighted by Gasteiger charge is 2.36. The third kappa shape index (κ3) is 2.21. The number of carbonyl (C=O) groups excluding carboxylic acids is 1. The van der Waals surface area contributed by atoms with E-state index in [-0.39, 0.29) is 5.82 Å². The van der Waals surface area contributed by atoms with Gasteiger partial charge in [0.15, 0.2) is 0 Å². The van der Waals surface area contributed by atoms with Gasteiger partial charge in [0.25, 0.3) is 5.82 Å². The van der Waals surface area contributed by atoms with E-state index in [9.17, 15) is 18.0 Å². The van der Waals surface area contributed by atoms with Gasteiger partial charge in [-0.05, 0) is 6.92 Å². The standard InChI is InChI=1S/C6H7F3N4O/c1-3-11-5(6(7,8)9)12-13(3)2-4(10)14/h2H2,1H3,(H2,10,14). The molecule has 0 radical (unpaired) electrons. The summed E-state index contributed by atoms with van der Waals surface area (Å²) >= 11 is 0. The summed E-state index contributed by atoms with van der Waals surface area (Å²) in [6.07, 6.45) is -4.60. The molecular formula is C6H7F3N4O. The van der Waals surface area contributed by atoms with Crippen molar-refractivity contribution in [3.05, 3.63) is 11.6 Å². The number of amides is 1. The molecule has 0 aliphatic rings. The first-order valence-corrected chi connectivity index (χ1v) is 3.57. The lowest BCUT2D eigenvalue weighted by molar-refractivity contribution is -0.145. The Morgan fingerprint density at radius 3 is 2.50 bits per heavy atom. The largest absolute Gasteiger partial charge is 0.453 e. The molecular weight excluding hydrogens is 201 g/mol. The summed E-state index contributed by atoms with van der Waals surface area (Å²) in [5, 5.41) is 3.10. The minimum atomic E-state index is -4.60. The molecule has 0 fully saturated rings. The SMILES string of the molecule is Cc1nc(C(F)(F)F)nn1CC(N)=O. The molecule has 14 heavy (non-hydrogen) atoms. The maximum atomic E-state index is 12.1. The maximum Gasteiger partial charge on any atom is 0.453 e. The highest BCUT2D eigenvalue weighted by molar-refractivity contribution is 5.73. The molecule has 0 aliphatic carbocycles. The van der Waals surface area contributed by atoms with Gasteiger partial charge in [-0.15, -0.1) is 5.10 Å². The molecule has 2 N–H and O–H groups in total. The molecule has 1 amide bonds. The average Bonchev–Trinajstić information content (AvgIpc) is 2.30. The van der Waals surface area contributed by atoms with E-state index in [1.54, 1.807) is 0 Å². The molecule has 8 heteroatoms. The molecule has 1 rings (SSSR count). The molecule has 1 aromatic rings. The number of nitrogens with two attached hydrogens (primary N) is 1. The number of primary amides is 1. The summed E-state index contributed by atoms with van der Waals surface area (Å²) in [7, 11) is 0. The van der Waals surface area contributed by atoms with Crippen molar-refractivity contribution in [2.45, 2.75) is 19.6 Å². The molecule has 5 nitrogen and oxygen atoms in total. The van der Waals surface area contributed by atoms with Crippen LogP contribution in [-0.2, 0) is 17.5 Å². The molecule has 0 bridgehead atoms. The zero-order valence-corrected chi connectivity index (χ0v) is 7.17. The Kier molecular flexibility index (Phi) is 2.45. The second-order valence-electron chi connectivity index (χ2n) is 2.60. The van der Waals surface area contributed by atoms with Crippen LogP contribution < -0.4 is 5.73 Å². The summed E-state index contributed by atoms with van der Waals surface area (Å²) in [6.45, 7) is 0.903. The Morgan fingerprint density at radius 1 is 1.57 bits per heavy atom. The van der Waals surface area contributed by atoms with Gasteiger partial charge in [0.05, 0.1) is 0 Å². The fourth-order valence-electron chi connectivity index (χ4n) is 0.837. The molecule has 0 aromatic carbocycles. The van der Waals surface area contributed by atoms with Crippen LogP contribution in [0, 0.1) is 6.92 Å². The zero-order valence-electron chi connectivity index (χ0n) is 7.17. The van der Waals surface area contributed by atoms with Gasteiger partial charge in [0.2, 0.25) is 5.91 Å². The van der Waals surface area contributed by atoms with E-state index in [1.165, 1.54) is 6.92 Å². The highest BCUT2D eigenvalue weighted by atomic mass is 19.4. The van der Waals surface area contributed by atoms with E-state index in [1.807, 2.05) is 0 Å². The lowest BCUT2D eigenvalue weighted by Crippen LogP contribution is -2.20. The molecule has 0 saturated carbocycles. The number of carbonyl (C=O) groups is 1. The van der Waals surface area contributed by atoms with E-state index in [2.05, 4.69) is 10.1 Å². The second-order valence-corrected chi connectivity index (χ2v) is 2.60. The number of alkyl halides is 3. The first-order valence-electron chi connectivity index (χ1n) is 3.57. The van der Waals surface area contributed by atoms with E-state index in [0.717, 1.165) is 4.68 Å². The normalized spacial score (nSPS) is 11.7. The van der Waals surface area contributed by atoms with E-state index in [0.29, 0.717) is 0 Å². The minimum absolute atomic E-state index is 0.00359. The van der Waals surface area contributed by atoms with Gasteiger partial charge in [-0.3, -0.25) is 4.79 Å². The maximum absolute atomic E-state index is 12.1. The van der Waals surface area contributed by atoms with Crippen LogP contribution in [0.15, 0.2) is 0 Å². The van der Waals surface area contributed by atoms with Crippen molar-refractivity contribution in [2.24, 2.45) is 5.73 Å². The Balaban J connectivity index is 2.99. The number of aryl methyl sites for hydroxylation is 1. The molecule has 1 aromatic heterocycles. The van der Waals surface area contributed by atoms with Crippen molar-refractivity contribution in [2.75, 3.05) is 0 Å². The molecule has 1 heterocycles. The van der Waals surface area contributed by atoms with Gasteiger partial charge >= 0.3 is 6.18 Å².